The number of fused-ring (bicyclic) bond motifs is 1. The highest BCUT2D eigenvalue weighted by Crippen LogP contribution is 2.29. The van der Waals surface area contributed by atoms with Crippen LogP contribution in [0.5, 0.6) is 0 Å². The number of non-ortho nitro benzene ring substituents is 1. The quantitative estimate of drug-likeness (QED) is 0.424. The molecule has 2 aromatic heterocycles. The number of nitro groups is 1. The van der Waals surface area contributed by atoms with Crippen molar-refractivity contribution in [2.24, 2.45) is 0 Å². The summed E-state index contributed by atoms with van der Waals surface area (Å²) < 4.78 is 1.73. The maximum Gasteiger partial charge on any atom is 0.271 e. The molecule has 0 bridgehead atoms. The highest BCUT2D eigenvalue weighted by atomic mass is 16.6. The Morgan fingerprint density at radius 3 is 2.82 bits per heavy atom. The van der Waals surface area contributed by atoms with Gasteiger partial charge in [-0.05, 0) is 38.0 Å². The van der Waals surface area contributed by atoms with Crippen molar-refractivity contribution in [2.75, 3.05) is 5.32 Å². The Kier molecular flexibility index (Phi) is 4.44. The molecule has 0 saturated heterocycles. The van der Waals surface area contributed by atoms with Crippen LogP contribution in [0.3, 0.4) is 0 Å². The standard InChI is InChI=1S/C20H17N5O3/c1-13-19-17(24(23-13)18-7-2-3-10-21-18)9-8-14(20(19)26)12-22-15-5-4-6-16(11-15)25(27)28/h2-7,10-12,22H,8-9H2,1H3. The minimum Gasteiger partial charge on any atom is -0.361 e. The predicted octanol–water partition coefficient (Wildman–Crippen LogP) is 3.61. The highest BCUT2D eigenvalue weighted by Gasteiger charge is 2.29. The Morgan fingerprint density at radius 2 is 2.07 bits per heavy atom. The number of allylic oxidation sites excluding steroid dienone is 1. The van der Waals surface area contributed by atoms with Crippen LogP contribution >= 0.6 is 0 Å². The molecule has 1 aromatic carbocycles. The van der Waals surface area contributed by atoms with E-state index in [2.05, 4.69) is 15.4 Å². The van der Waals surface area contributed by atoms with Gasteiger partial charge in [-0.25, -0.2) is 9.67 Å². The smallest absolute Gasteiger partial charge is 0.271 e. The molecule has 0 amide bonds. The summed E-state index contributed by atoms with van der Waals surface area (Å²) in [4.78, 5) is 27.8. The van der Waals surface area contributed by atoms with Crippen LogP contribution in [0.25, 0.3) is 5.82 Å². The van der Waals surface area contributed by atoms with Gasteiger partial charge in [0.05, 0.1) is 21.9 Å². The Balaban J connectivity index is 1.62. The summed E-state index contributed by atoms with van der Waals surface area (Å²) in [6.07, 6.45) is 4.52. The Hall–Kier alpha value is -3.81. The molecule has 8 nitrogen and oxygen atoms in total. The monoisotopic (exact) mass is 375 g/mol. The van der Waals surface area contributed by atoms with Gasteiger partial charge in [0, 0.05) is 35.8 Å². The molecule has 2 heterocycles. The van der Waals surface area contributed by atoms with Crippen LogP contribution in [-0.4, -0.2) is 25.5 Å². The molecule has 1 N–H and O–H groups in total. The number of aryl methyl sites for hydroxylation is 1. The average molecular weight is 375 g/mol. The van der Waals surface area contributed by atoms with Gasteiger partial charge in [0.1, 0.15) is 0 Å². The Labute approximate surface area is 160 Å². The molecule has 28 heavy (non-hydrogen) atoms. The van der Waals surface area contributed by atoms with Crippen molar-refractivity contribution in [1.82, 2.24) is 14.8 Å². The Morgan fingerprint density at radius 1 is 1.21 bits per heavy atom. The number of Topliss-reactive ketones (excluding diaryl/α,β-unsaturated/α-hetero) is 1. The van der Waals surface area contributed by atoms with E-state index in [1.807, 2.05) is 25.1 Å². The zero-order valence-corrected chi connectivity index (χ0v) is 15.1. The SMILES string of the molecule is Cc1nn(-c2ccccn2)c2c1C(=O)C(=CNc1cccc([N+](=O)[O-])c1)CC2. The van der Waals surface area contributed by atoms with E-state index in [-0.39, 0.29) is 11.5 Å². The number of hydrogen-bond acceptors (Lipinski definition) is 6. The van der Waals surface area contributed by atoms with E-state index < -0.39 is 4.92 Å². The topological polar surface area (TPSA) is 103 Å². The van der Waals surface area contributed by atoms with Crippen LogP contribution in [0.4, 0.5) is 11.4 Å². The fourth-order valence-electron chi connectivity index (χ4n) is 3.31. The van der Waals surface area contributed by atoms with E-state index in [0.717, 1.165) is 5.69 Å². The zero-order chi connectivity index (χ0) is 19.7. The first-order valence-electron chi connectivity index (χ1n) is 8.79. The molecule has 0 unspecified atom stereocenters. The summed E-state index contributed by atoms with van der Waals surface area (Å²) in [5.41, 5.74) is 3.28. The van der Waals surface area contributed by atoms with E-state index in [1.165, 1.54) is 12.1 Å². The number of pyridine rings is 1. The van der Waals surface area contributed by atoms with Gasteiger partial charge in [-0.2, -0.15) is 5.10 Å². The molecule has 0 fully saturated rings. The molecule has 0 spiro atoms. The van der Waals surface area contributed by atoms with E-state index in [0.29, 0.717) is 41.2 Å². The molecule has 0 radical (unpaired) electrons. The van der Waals surface area contributed by atoms with Crippen LogP contribution in [0.15, 0.2) is 60.4 Å². The third-order valence-corrected chi connectivity index (χ3v) is 4.64. The van der Waals surface area contributed by atoms with Crippen molar-refractivity contribution in [3.8, 4) is 5.82 Å². The maximum atomic E-state index is 13.0. The van der Waals surface area contributed by atoms with Gasteiger partial charge < -0.3 is 5.32 Å². The molecule has 8 heteroatoms. The van der Waals surface area contributed by atoms with Crippen LogP contribution in [0.2, 0.25) is 0 Å². The molecule has 0 aliphatic heterocycles. The summed E-state index contributed by atoms with van der Waals surface area (Å²) in [5.74, 6) is 0.598. The van der Waals surface area contributed by atoms with Gasteiger partial charge in [-0.15, -0.1) is 0 Å². The van der Waals surface area contributed by atoms with Gasteiger partial charge in [0.15, 0.2) is 11.6 Å². The summed E-state index contributed by atoms with van der Waals surface area (Å²) in [6.45, 7) is 1.81. The van der Waals surface area contributed by atoms with Crippen molar-refractivity contribution in [3.05, 3.63) is 87.5 Å². The molecular formula is C20H17N5O3. The third-order valence-electron chi connectivity index (χ3n) is 4.64. The van der Waals surface area contributed by atoms with Crippen LogP contribution in [0.1, 0.15) is 28.2 Å². The van der Waals surface area contributed by atoms with Gasteiger partial charge in [0.25, 0.3) is 5.69 Å². The lowest BCUT2D eigenvalue weighted by atomic mass is 9.90. The number of nitrogens with zero attached hydrogens (tertiary/aromatic N) is 4. The average Bonchev–Trinajstić information content (AvgIpc) is 3.05. The minimum atomic E-state index is -0.453. The molecule has 4 rings (SSSR count). The highest BCUT2D eigenvalue weighted by molar-refractivity contribution is 6.11. The van der Waals surface area contributed by atoms with E-state index in [9.17, 15) is 14.9 Å². The van der Waals surface area contributed by atoms with E-state index >= 15 is 0 Å². The molecule has 140 valence electrons. The molecular weight excluding hydrogens is 358 g/mol. The normalized spacial score (nSPS) is 14.8. The number of nitro benzene ring substituents is 1. The van der Waals surface area contributed by atoms with Crippen molar-refractivity contribution in [3.63, 3.8) is 0 Å². The lowest BCUT2D eigenvalue weighted by Gasteiger charge is -2.16. The second-order valence-electron chi connectivity index (χ2n) is 6.46. The van der Waals surface area contributed by atoms with Gasteiger partial charge in [-0.1, -0.05) is 12.1 Å². The van der Waals surface area contributed by atoms with Crippen LogP contribution in [-0.2, 0) is 6.42 Å². The number of rotatable bonds is 4. The number of anilines is 1. The first-order valence-corrected chi connectivity index (χ1v) is 8.79. The van der Waals surface area contributed by atoms with Crippen molar-refractivity contribution >= 4 is 17.2 Å². The van der Waals surface area contributed by atoms with Crippen molar-refractivity contribution < 1.29 is 9.72 Å². The molecule has 1 aliphatic carbocycles. The molecule has 0 atom stereocenters. The number of nitrogens with one attached hydrogen (secondary N) is 1. The number of ketones is 1. The number of hydrogen-bond donors (Lipinski definition) is 1. The second kappa shape index (κ2) is 7.07. The second-order valence-corrected chi connectivity index (χ2v) is 6.46. The van der Waals surface area contributed by atoms with Crippen LogP contribution < -0.4 is 5.32 Å². The third kappa shape index (κ3) is 3.16. The Bertz CT molecular complexity index is 1100. The lowest BCUT2D eigenvalue weighted by Crippen LogP contribution is -2.17. The summed E-state index contributed by atoms with van der Waals surface area (Å²) >= 11 is 0. The van der Waals surface area contributed by atoms with Crippen molar-refractivity contribution in [1.29, 1.82) is 0 Å². The van der Waals surface area contributed by atoms with Crippen LogP contribution in [0, 0.1) is 17.0 Å². The van der Waals surface area contributed by atoms with Gasteiger partial charge in [0.2, 0.25) is 0 Å². The largest absolute Gasteiger partial charge is 0.361 e. The van der Waals surface area contributed by atoms with Gasteiger partial charge >= 0.3 is 0 Å². The molecule has 3 aromatic rings. The summed E-state index contributed by atoms with van der Waals surface area (Å²) in [6, 6.07) is 11.7. The van der Waals surface area contributed by atoms with Gasteiger partial charge in [-0.3, -0.25) is 14.9 Å². The minimum absolute atomic E-state index is 0.00635. The fraction of sp³-hybridized carbons (Fsp3) is 0.150. The number of carbonyl (C=O) groups is 1. The molecule has 1 aliphatic rings. The zero-order valence-electron chi connectivity index (χ0n) is 15.1. The molecule has 0 saturated carbocycles. The van der Waals surface area contributed by atoms with E-state index in [1.54, 1.807) is 29.2 Å². The first kappa shape index (κ1) is 17.6. The predicted molar refractivity (Wildman–Crippen MR) is 104 cm³/mol. The summed E-state index contributed by atoms with van der Waals surface area (Å²) in [5, 5.41) is 18.4. The summed E-state index contributed by atoms with van der Waals surface area (Å²) in [7, 11) is 0. The number of benzene rings is 1. The number of aromatic nitrogens is 3. The fourth-order valence-corrected chi connectivity index (χ4v) is 3.31. The maximum absolute atomic E-state index is 13.0. The first-order chi connectivity index (χ1) is 13.5. The van der Waals surface area contributed by atoms with Crippen molar-refractivity contribution in [2.45, 2.75) is 19.8 Å². The lowest BCUT2D eigenvalue weighted by molar-refractivity contribution is -0.384. The van der Waals surface area contributed by atoms with E-state index in [4.69, 9.17) is 0 Å². The number of carbonyl (C=O) groups excluding carboxylic acids is 1.